The summed E-state index contributed by atoms with van der Waals surface area (Å²) in [6.45, 7) is -0.179. The fraction of sp³-hybridized carbons (Fsp3) is 0.750. The average Bonchev–Trinajstić information content (AvgIpc) is 2.10. The van der Waals surface area contributed by atoms with Gasteiger partial charge in [0.05, 0.1) is 0 Å². The molecule has 0 spiro atoms. The highest BCUT2D eigenvalue weighted by Gasteiger charge is 2.55. The van der Waals surface area contributed by atoms with Crippen LogP contribution in [0.5, 0.6) is 0 Å². The van der Waals surface area contributed by atoms with Crippen LogP contribution in [0.1, 0.15) is 6.92 Å². The maximum Gasteiger partial charge on any atom is 0.635 e. The number of oxime groups is 1. The molecular weight excluding hydrogens is 216 g/mol. The summed E-state index contributed by atoms with van der Waals surface area (Å²) in [6.07, 6.45) is 0.575. The summed E-state index contributed by atoms with van der Waals surface area (Å²) in [5, 5.41) is 33.0. The van der Waals surface area contributed by atoms with Crippen LogP contribution in [-0.2, 0) is 4.84 Å². The molecule has 0 fully saturated rings. The van der Waals surface area contributed by atoms with E-state index in [-0.39, 0.29) is 0 Å². The van der Waals surface area contributed by atoms with Crippen molar-refractivity contribution in [2.45, 2.75) is 12.8 Å². The molecule has 0 aromatic carbocycles. The molecule has 0 N–H and O–H groups in total. The lowest BCUT2D eigenvalue weighted by Gasteiger charge is -2.07. The zero-order chi connectivity index (χ0) is 12.1. The Morgan fingerprint density at radius 2 is 1.73 bits per heavy atom. The average molecular weight is 222 g/mol. The molecule has 0 rings (SSSR count). The number of nitro groups is 3. The van der Waals surface area contributed by atoms with Gasteiger partial charge in [-0.15, -0.1) is 0 Å². The predicted molar refractivity (Wildman–Crippen MR) is 43.8 cm³/mol. The van der Waals surface area contributed by atoms with Gasteiger partial charge in [-0.25, -0.2) is 0 Å². The lowest BCUT2D eigenvalue weighted by molar-refractivity contribution is -0.846. The van der Waals surface area contributed by atoms with Gasteiger partial charge < -0.3 is 0 Å². The Hall–Kier alpha value is -2.33. The van der Waals surface area contributed by atoms with Crippen LogP contribution in [0.4, 0.5) is 0 Å². The molecule has 0 saturated heterocycles. The predicted octanol–water partition coefficient (Wildman–Crippen LogP) is -0.507. The van der Waals surface area contributed by atoms with Crippen molar-refractivity contribution in [3.05, 3.63) is 30.3 Å². The topological polar surface area (TPSA) is 151 Å². The van der Waals surface area contributed by atoms with E-state index in [4.69, 9.17) is 0 Å². The first-order chi connectivity index (χ1) is 6.80. The zero-order valence-electron chi connectivity index (χ0n) is 7.43. The number of nitrogens with zero attached hydrogens (tertiary/aromatic N) is 4. The first kappa shape index (κ1) is 12.7. The smallest absolute Gasteiger partial charge is 0.264 e. The minimum Gasteiger partial charge on any atom is -0.264 e. The summed E-state index contributed by atoms with van der Waals surface area (Å²) in [7, 11) is 0. The summed E-state index contributed by atoms with van der Waals surface area (Å²) in [5.74, 6) is -2.94. The molecule has 0 atom stereocenters. The second-order valence-electron chi connectivity index (χ2n) is 2.34. The Morgan fingerprint density at radius 3 is 2.07 bits per heavy atom. The molecule has 11 nitrogen and oxygen atoms in total. The maximum atomic E-state index is 10.2. The first-order valence-corrected chi connectivity index (χ1v) is 3.41. The third kappa shape index (κ3) is 3.50. The molecule has 0 aliphatic heterocycles. The molecule has 0 aliphatic rings. The first-order valence-electron chi connectivity index (χ1n) is 3.41. The Kier molecular flexibility index (Phi) is 4.04. The van der Waals surface area contributed by atoms with Crippen molar-refractivity contribution in [2.75, 3.05) is 6.54 Å². The van der Waals surface area contributed by atoms with Crippen LogP contribution in [0.25, 0.3) is 0 Å². The lowest BCUT2D eigenvalue weighted by atomic mass is 10.5. The lowest BCUT2D eigenvalue weighted by Crippen LogP contribution is -2.44. The third-order valence-corrected chi connectivity index (χ3v) is 1.21. The van der Waals surface area contributed by atoms with E-state index in [0.29, 0.717) is 13.1 Å². The molecule has 11 heteroatoms. The summed E-state index contributed by atoms with van der Waals surface area (Å²) >= 11 is 0. The molecule has 0 saturated carbocycles. The molecule has 15 heavy (non-hydrogen) atoms. The largest absolute Gasteiger partial charge is 0.635 e. The van der Waals surface area contributed by atoms with Gasteiger partial charge in [-0.2, -0.15) is 0 Å². The van der Waals surface area contributed by atoms with Crippen LogP contribution in [0, 0.1) is 30.3 Å². The zero-order valence-corrected chi connectivity index (χ0v) is 7.43. The molecular formula is C4H6N4O7. The molecule has 0 unspecified atom stereocenters. The van der Waals surface area contributed by atoms with E-state index in [0.717, 1.165) is 0 Å². The Bertz CT molecular complexity index is 298. The van der Waals surface area contributed by atoms with Crippen molar-refractivity contribution in [3.8, 4) is 0 Å². The molecule has 0 aromatic heterocycles. The Morgan fingerprint density at radius 1 is 1.27 bits per heavy atom. The minimum absolute atomic E-state index is 0.566. The van der Waals surface area contributed by atoms with Gasteiger partial charge in [0, 0.05) is 4.92 Å². The van der Waals surface area contributed by atoms with E-state index < -0.39 is 27.2 Å². The minimum atomic E-state index is -2.94. The van der Waals surface area contributed by atoms with E-state index in [1.807, 2.05) is 0 Å². The molecule has 0 amide bonds. The summed E-state index contributed by atoms with van der Waals surface area (Å²) in [4.78, 5) is 30.8. The summed E-state index contributed by atoms with van der Waals surface area (Å²) in [5.41, 5.74) is 0. The van der Waals surface area contributed by atoms with E-state index in [9.17, 15) is 30.3 Å². The molecule has 0 radical (unpaired) electrons. The van der Waals surface area contributed by atoms with E-state index in [1.54, 1.807) is 0 Å². The van der Waals surface area contributed by atoms with Gasteiger partial charge in [-0.05, 0) is 0 Å². The van der Waals surface area contributed by atoms with Crippen molar-refractivity contribution in [1.29, 1.82) is 0 Å². The van der Waals surface area contributed by atoms with Gasteiger partial charge in [-0.1, -0.05) is 5.16 Å². The van der Waals surface area contributed by atoms with Gasteiger partial charge in [0.15, 0.2) is 0 Å². The Labute approximate surface area is 81.8 Å². The normalized spacial score (nSPS) is 11.3. The monoisotopic (exact) mass is 222 g/mol. The number of rotatable bonds is 6. The Balaban J connectivity index is 4.45. The number of hydrogen-bond donors (Lipinski definition) is 0. The molecule has 84 valence electrons. The van der Waals surface area contributed by atoms with Crippen molar-refractivity contribution < 1.29 is 19.6 Å². The van der Waals surface area contributed by atoms with Crippen molar-refractivity contribution >= 4 is 6.21 Å². The van der Waals surface area contributed by atoms with Crippen molar-refractivity contribution in [3.63, 3.8) is 0 Å². The quantitative estimate of drug-likeness (QED) is 0.254. The summed E-state index contributed by atoms with van der Waals surface area (Å²) < 4.78 is 0. The molecule has 0 heterocycles. The van der Waals surface area contributed by atoms with Crippen LogP contribution in [0.15, 0.2) is 5.16 Å². The van der Waals surface area contributed by atoms with E-state index in [2.05, 4.69) is 9.99 Å². The molecule has 0 aromatic rings. The molecule has 0 bridgehead atoms. The van der Waals surface area contributed by atoms with Crippen LogP contribution in [0.2, 0.25) is 0 Å². The van der Waals surface area contributed by atoms with Crippen LogP contribution in [0.3, 0.4) is 0 Å². The van der Waals surface area contributed by atoms with Crippen molar-refractivity contribution in [2.24, 2.45) is 5.16 Å². The van der Waals surface area contributed by atoms with Gasteiger partial charge >= 0.3 is 5.85 Å². The van der Waals surface area contributed by atoms with Crippen molar-refractivity contribution in [1.82, 2.24) is 0 Å². The second-order valence-corrected chi connectivity index (χ2v) is 2.34. The van der Waals surface area contributed by atoms with Crippen LogP contribution in [-0.4, -0.2) is 33.4 Å². The van der Waals surface area contributed by atoms with E-state index >= 15 is 0 Å². The summed E-state index contributed by atoms with van der Waals surface area (Å²) in [6, 6.07) is 0. The third-order valence-electron chi connectivity index (χ3n) is 1.21. The van der Waals surface area contributed by atoms with Gasteiger partial charge in [0.25, 0.3) is 0 Å². The highest BCUT2D eigenvalue weighted by Crippen LogP contribution is 2.11. The fourth-order valence-corrected chi connectivity index (χ4v) is 0.370. The maximum absolute atomic E-state index is 10.2. The van der Waals surface area contributed by atoms with Crippen LogP contribution >= 0.6 is 0 Å². The van der Waals surface area contributed by atoms with Crippen LogP contribution < -0.4 is 0 Å². The van der Waals surface area contributed by atoms with Gasteiger partial charge in [-0.3, -0.25) is 35.2 Å². The SMILES string of the molecule is CC(ON=CC[N+](=O)[O-])([N+](=O)[O-])[N+](=O)[O-]. The molecule has 0 aliphatic carbocycles. The fourth-order valence-electron chi connectivity index (χ4n) is 0.370. The van der Waals surface area contributed by atoms with Gasteiger partial charge in [0.2, 0.25) is 6.54 Å². The van der Waals surface area contributed by atoms with E-state index in [1.165, 1.54) is 0 Å². The standard InChI is InChI=1S/C4H6N4O7/c1-4(7(11)12,8(13)14)15-5-2-3-6(9)10/h2H,3H2,1H3. The van der Waals surface area contributed by atoms with Gasteiger partial charge in [0.1, 0.15) is 23.0 Å². The second kappa shape index (κ2) is 4.78. The number of hydrogen-bond acceptors (Lipinski definition) is 8. The highest BCUT2D eigenvalue weighted by molar-refractivity contribution is 5.57. The highest BCUT2D eigenvalue weighted by atomic mass is 16.8.